The Morgan fingerprint density at radius 2 is 0.524 bits per heavy atom. The van der Waals surface area contributed by atoms with Crippen molar-refractivity contribution in [2.75, 3.05) is 9.80 Å². The molecule has 0 bridgehead atoms. The minimum atomic E-state index is -0.297. The second-order valence-electron chi connectivity index (χ2n) is 36.5. The van der Waals surface area contributed by atoms with Crippen LogP contribution in [0, 0.1) is 0 Å². The molecule has 20 aromatic rings. The molecule has 0 amide bonds. The molecule has 2 aromatic heterocycles. The van der Waals surface area contributed by atoms with Gasteiger partial charge in [-0.3, -0.25) is 0 Å². The van der Waals surface area contributed by atoms with E-state index in [0.29, 0.717) is 0 Å². The van der Waals surface area contributed by atoms with Gasteiger partial charge in [0.15, 0.2) is 0 Å². The van der Waals surface area contributed by atoms with E-state index in [4.69, 9.17) is 8.83 Å². The van der Waals surface area contributed by atoms with E-state index in [0.717, 1.165) is 134 Å². The van der Waals surface area contributed by atoms with Gasteiger partial charge >= 0.3 is 0 Å². The molecule has 0 saturated heterocycles. The highest BCUT2D eigenvalue weighted by Gasteiger charge is 2.42. The van der Waals surface area contributed by atoms with Crippen molar-refractivity contribution in [1.82, 2.24) is 0 Å². The van der Waals surface area contributed by atoms with Crippen molar-refractivity contribution in [3.63, 3.8) is 0 Å². The molecule has 4 nitrogen and oxygen atoms in total. The molecular weight excluding hydrogens is 1500 g/mol. The molecule has 4 aliphatic carbocycles. The van der Waals surface area contributed by atoms with E-state index >= 15 is 0 Å². The van der Waals surface area contributed by atoms with Gasteiger partial charge in [0, 0.05) is 88.1 Å². The zero-order chi connectivity index (χ0) is 83.2. The van der Waals surface area contributed by atoms with Gasteiger partial charge < -0.3 is 18.6 Å². The van der Waals surface area contributed by atoms with E-state index in [9.17, 15) is 0 Å². The monoisotopic (exact) mass is 1590 g/mol. The maximum Gasteiger partial charge on any atom is 0.143 e. The number of nitrogens with zero attached hydrogens (tertiary/aromatic N) is 2. The highest BCUT2D eigenvalue weighted by atomic mass is 16.3. The lowest BCUT2D eigenvalue weighted by atomic mass is 9.78. The Hall–Kier alpha value is -14.8. The van der Waals surface area contributed by atoms with Gasteiger partial charge in [0.05, 0.1) is 17.1 Å². The topological polar surface area (TPSA) is 32.8 Å². The van der Waals surface area contributed by atoms with Crippen molar-refractivity contribution in [2.45, 2.75) is 77.0 Å². The van der Waals surface area contributed by atoms with Crippen molar-refractivity contribution in [2.24, 2.45) is 0 Å². The van der Waals surface area contributed by atoms with E-state index < -0.39 is 0 Å². The van der Waals surface area contributed by atoms with Crippen LogP contribution in [0.25, 0.3) is 166 Å². The molecule has 18 aromatic carbocycles. The summed E-state index contributed by atoms with van der Waals surface area (Å²) in [6, 6.07) is 145. The van der Waals surface area contributed by atoms with Gasteiger partial charge in [0.25, 0.3) is 0 Å². The Morgan fingerprint density at radius 3 is 1.08 bits per heavy atom. The van der Waals surface area contributed by atoms with Crippen LogP contribution < -0.4 is 9.80 Å². The molecule has 0 spiro atoms. The molecule has 0 saturated carbocycles. The maximum atomic E-state index is 7.16. The van der Waals surface area contributed by atoms with Crippen molar-refractivity contribution in [3.05, 3.63) is 433 Å². The smallest absolute Gasteiger partial charge is 0.143 e. The molecule has 4 aliphatic rings. The summed E-state index contributed by atoms with van der Waals surface area (Å²) < 4.78 is 13.8. The number of para-hydroxylation sites is 6. The van der Waals surface area contributed by atoms with E-state index in [-0.39, 0.29) is 21.7 Å². The molecular formula is C120H88N2O2. The molecule has 0 aliphatic heterocycles. The average molecular weight is 1590 g/mol. The van der Waals surface area contributed by atoms with Crippen LogP contribution >= 0.6 is 0 Å². The summed E-state index contributed by atoms with van der Waals surface area (Å²) in [6.07, 6.45) is 0. The second-order valence-corrected chi connectivity index (χ2v) is 36.5. The lowest BCUT2D eigenvalue weighted by molar-refractivity contribution is 0.660. The van der Waals surface area contributed by atoms with Crippen LogP contribution in [-0.4, -0.2) is 0 Å². The summed E-state index contributed by atoms with van der Waals surface area (Å²) in [6.45, 7) is 19.0. The number of hydrogen-bond donors (Lipinski definition) is 0. The first-order chi connectivity index (χ1) is 60.5. The first-order valence-electron chi connectivity index (χ1n) is 43.6. The van der Waals surface area contributed by atoms with E-state index in [1.54, 1.807) is 0 Å². The molecule has 0 radical (unpaired) electrons. The van der Waals surface area contributed by atoms with Crippen molar-refractivity contribution in [1.29, 1.82) is 0 Å². The quantitative estimate of drug-likeness (QED) is 0.115. The average Bonchev–Trinajstić information content (AvgIpc) is 1.56. The van der Waals surface area contributed by atoms with E-state index in [1.807, 2.05) is 6.07 Å². The Labute approximate surface area is 723 Å². The molecule has 2 heterocycles. The van der Waals surface area contributed by atoms with Crippen molar-refractivity contribution in [3.8, 4) is 122 Å². The zero-order valence-corrected chi connectivity index (χ0v) is 70.7. The van der Waals surface area contributed by atoms with Crippen molar-refractivity contribution < 1.29 is 8.83 Å². The fraction of sp³-hybridized carbons (Fsp3) is 0.100. The third-order valence-electron chi connectivity index (χ3n) is 28.3. The molecule has 590 valence electrons. The van der Waals surface area contributed by atoms with Crippen LogP contribution in [0.5, 0.6) is 0 Å². The third kappa shape index (κ3) is 10.9. The Balaban J connectivity index is 0.616. The highest BCUT2D eigenvalue weighted by molar-refractivity contribution is 6.13. The Bertz CT molecular complexity index is 7850. The van der Waals surface area contributed by atoms with Crippen LogP contribution in [0.3, 0.4) is 0 Å². The van der Waals surface area contributed by atoms with Crippen molar-refractivity contribution >= 4 is 78.0 Å². The summed E-state index contributed by atoms with van der Waals surface area (Å²) in [7, 11) is 0. The lowest BCUT2D eigenvalue weighted by Gasteiger charge is -2.30. The standard InChI is InChI=1S/C120H88N2O2/c1-117(2)100-43-17-9-30-85(100)97-70-77(59-67-104(97)117)82-29-13-21-49-107(82)122(109-51-23-15-33-88(109)91-40-28-48-106-113(91)95-36-12-20-46-103(95)119(106,5)6)81-65-55-74(56-66-81)84-38-26-42-93-98-69-76(60-68-111(98)124-116(84)93)78-71-96(114-99(72-78)86-31-10-18-44-101(86)120(114,7)8)75-57-63-80(64-58-75)121(79-61-53-73(54-62-79)83-37-25-41-92-89-34-16-24-52-110(89)123-115(83)92)108-50-22-14-32-87(108)90-39-27-47-105-112(90)94-35-11-19-45-102(94)118(105,3)4/h9-72H,1-8H3. The normalized spacial score (nSPS) is 14.2. The molecule has 0 N–H and O–H groups in total. The fourth-order valence-electron chi connectivity index (χ4n) is 22.3. The summed E-state index contributed by atoms with van der Waals surface area (Å²) in [5.74, 6) is 0. The van der Waals surface area contributed by atoms with E-state index in [1.165, 1.54) is 111 Å². The zero-order valence-electron chi connectivity index (χ0n) is 70.7. The Kier molecular flexibility index (Phi) is 16.1. The number of furan rings is 2. The third-order valence-corrected chi connectivity index (χ3v) is 28.3. The minimum Gasteiger partial charge on any atom is -0.455 e. The minimum absolute atomic E-state index is 0.114. The van der Waals surface area contributed by atoms with Crippen LogP contribution in [-0.2, 0) is 21.7 Å². The Morgan fingerprint density at radius 1 is 0.185 bits per heavy atom. The van der Waals surface area contributed by atoms with Gasteiger partial charge in [-0.2, -0.15) is 0 Å². The molecule has 0 fully saturated rings. The number of fused-ring (bicyclic) bond motifs is 18. The summed E-state index contributed by atoms with van der Waals surface area (Å²) in [4.78, 5) is 4.97. The number of rotatable bonds is 13. The number of hydrogen-bond acceptors (Lipinski definition) is 4. The van der Waals surface area contributed by atoms with Crippen LogP contribution in [0.4, 0.5) is 34.1 Å². The predicted molar refractivity (Wildman–Crippen MR) is 519 cm³/mol. The summed E-state index contributed by atoms with van der Waals surface area (Å²) in [5.41, 5.74) is 46.2. The lowest BCUT2D eigenvalue weighted by Crippen LogP contribution is -2.16. The van der Waals surface area contributed by atoms with Crippen LogP contribution in [0.15, 0.2) is 397 Å². The summed E-state index contributed by atoms with van der Waals surface area (Å²) in [5, 5.41) is 4.38. The molecule has 24 rings (SSSR count). The molecule has 124 heavy (non-hydrogen) atoms. The van der Waals surface area contributed by atoms with Crippen LogP contribution in [0.2, 0.25) is 0 Å². The first kappa shape index (κ1) is 73.1. The van der Waals surface area contributed by atoms with Gasteiger partial charge in [-0.05, 0) is 230 Å². The SMILES string of the molecule is CC1(C)c2ccccc2-c2cc(-c3ccccc3N(c3ccc(-c4cccc5c4oc4ccc(-c6cc(-c7ccc(N(c8ccc(-c9cccc%10c9oc9ccccc9%10)cc8)c8ccccc8-c8cccc9c8-c8ccccc8C9(C)C)cc7)c7c(c6)-c6ccccc6C7(C)C)cc45)cc3)c3ccccc3-c3cccc4c3-c3ccccc3C4(C)C)ccc21. The largest absolute Gasteiger partial charge is 0.455 e. The fourth-order valence-corrected chi connectivity index (χ4v) is 22.3. The first-order valence-corrected chi connectivity index (χ1v) is 43.6. The number of benzene rings is 18. The van der Waals surface area contributed by atoms with Gasteiger partial charge in [0.1, 0.15) is 22.3 Å². The summed E-state index contributed by atoms with van der Waals surface area (Å²) >= 11 is 0. The molecule has 0 atom stereocenters. The van der Waals surface area contributed by atoms with E-state index in [2.05, 4.69) is 447 Å². The van der Waals surface area contributed by atoms with Gasteiger partial charge in [-0.1, -0.05) is 353 Å². The second kappa shape index (κ2) is 27.3. The highest BCUT2D eigenvalue weighted by Crippen LogP contribution is 2.60. The van der Waals surface area contributed by atoms with Gasteiger partial charge in [-0.15, -0.1) is 0 Å². The maximum absolute atomic E-state index is 7.16. The molecule has 0 unspecified atom stereocenters. The van der Waals surface area contributed by atoms with Crippen LogP contribution in [0.1, 0.15) is 99.9 Å². The van der Waals surface area contributed by atoms with Gasteiger partial charge in [-0.25, -0.2) is 0 Å². The number of anilines is 6. The molecule has 4 heteroatoms. The van der Waals surface area contributed by atoms with Gasteiger partial charge in [0.2, 0.25) is 0 Å². The predicted octanol–water partition coefficient (Wildman–Crippen LogP) is 33.3.